The molecule has 0 aromatic carbocycles. The second kappa shape index (κ2) is 31.5. The minimum atomic E-state index is -1.79. The Morgan fingerprint density at radius 1 is 0.235 bits per heavy atom. The minimum Gasteiger partial charge on any atom is -0.463 e. The first-order valence-electron chi connectivity index (χ1n) is 38.6. The molecule has 0 radical (unpaired) electrons. The Labute approximate surface area is 630 Å². The molecule has 98 heavy (non-hydrogen) atoms. The molecule has 0 saturated carbocycles. The van der Waals surface area contributed by atoms with Crippen LogP contribution in [-0.4, -0.2) is 205 Å². The number of ether oxygens (including phenoxy) is 2. The molecule has 0 aliphatic rings. The standard InChI is InChI=1S/C68H172N2O6Si22/c1-67(2,3)69-63(71)55-57-65(73)75-59-51-53-61-77(7,8)79(11,12)81(15,16)83(19,20)85(23,24)87(27,28)89(31,32)91(35,36)93(39,40)95(43,44)97(47,48)98(49,50)96(45,46)94(41,42)92(37,38)90(33,34)88(29,30)86(25,26)84(21,22)82(17,18)80(13,14)78(9,10)62-54-52-60-76-66(74)58-56-64(72)70-68(4,5)6/h55-58H,51-54,59-62H2,1-50H3,(H,69,71)(H,70,72)/b57-55+,58-56+. The maximum Gasteiger partial charge on any atom is 0.330 e. The van der Waals surface area contributed by atoms with Crippen LogP contribution in [0, 0.1) is 0 Å². The Hall–Kier alpha value is 2.13. The predicted octanol–water partition coefficient (Wildman–Crippen LogP) is 20.8. The number of unbranched alkanes of at least 4 members (excludes halogenated alkanes) is 2. The van der Waals surface area contributed by atoms with Crippen molar-refractivity contribution in [1.29, 1.82) is 0 Å². The Morgan fingerprint density at radius 2 is 0.378 bits per heavy atom. The average Bonchev–Trinajstić information content (AvgIpc) is 0.682. The molecular weight excluding hydrogens is 1560 g/mol. The van der Waals surface area contributed by atoms with Gasteiger partial charge in [-0.2, -0.15) is 0 Å². The van der Waals surface area contributed by atoms with Crippen LogP contribution in [0.4, 0.5) is 0 Å². The van der Waals surface area contributed by atoms with Crippen molar-refractivity contribution in [3.05, 3.63) is 24.3 Å². The molecule has 0 saturated heterocycles. The van der Waals surface area contributed by atoms with Gasteiger partial charge < -0.3 is 20.1 Å². The van der Waals surface area contributed by atoms with E-state index in [-0.39, 0.29) is 22.9 Å². The molecule has 0 spiro atoms. The van der Waals surface area contributed by atoms with Crippen molar-refractivity contribution >= 4 is 181 Å². The van der Waals surface area contributed by atoms with E-state index in [1.165, 1.54) is 36.4 Å². The van der Waals surface area contributed by atoms with Gasteiger partial charge in [0.15, 0.2) is 0 Å². The molecule has 2 amide bonds. The summed E-state index contributed by atoms with van der Waals surface area (Å²) in [7, 11) is -38.2. The van der Waals surface area contributed by atoms with Crippen LogP contribution < -0.4 is 10.6 Å². The zero-order valence-corrected chi connectivity index (χ0v) is 97.4. The molecule has 8 nitrogen and oxygen atoms in total. The van der Waals surface area contributed by atoms with E-state index in [1.807, 2.05) is 41.5 Å². The summed E-state index contributed by atoms with van der Waals surface area (Å²) in [5.41, 5.74) is -0.702. The zero-order chi connectivity index (χ0) is 79.6. The molecule has 0 aliphatic carbocycles. The lowest BCUT2D eigenvalue weighted by Crippen LogP contribution is -2.99. The highest BCUT2D eigenvalue weighted by Gasteiger charge is 2.78. The SMILES string of the molecule is CC(C)(C)NC(=O)/C=C/C(=O)OCCCC[Si](C)(C)[Si](C)(C)[Si](C)(C)[Si](C)(C)[Si](C)(C)[Si](C)(C)[Si](C)(C)[Si](C)(C)[Si](C)(C)[Si](C)(C)[Si](C)(C)[Si](C)(C)[Si](C)(C)[Si](C)(C)[Si](C)(C)[Si](C)(C)[Si](C)(C)[Si](C)(C)[Si](C)(C)[Si](C)(C)[Si](C)(C)[Si](C)(C)CCCCOC(=O)/C=C/C(=O)NC(C)(C)C. The molecule has 0 fully saturated rings. The summed E-state index contributed by atoms with van der Waals surface area (Å²) in [6, 6.07) is 2.65. The van der Waals surface area contributed by atoms with Crippen LogP contribution in [0.25, 0.3) is 0 Å². The van der Waals surface area contributed by atoms with Crippen molar-refractivity contribution in [2.75, 3.05) is 13.2 Å². The number of esters is 2. The van der Waals surface area contributed by atoms with Crippen LogP contribution in [0.2, 0.25) is 300 Å². The van der Waals surface area contributed by atoms with E-state index in [9.17, 15) is 19.2 Å². The van der Waals surface area contributed by atoms with Crippen LogP contribution in [0.1, 0.15) is 67.2 Å². The van der Waals surface area contributed by atoms with Gasteiger partial charge in [0.2, 0.25) is 11.8 Å². The maximum absolute atomic E-state index is 12.6. The largest absolute Gasteiger partial charge is 0.463 e. The number of rotatable bonds is 35. The number of amides is 2. The monoisotopic (exact) mass is 1730 g/mol. The quantitative estimate of drug-likeness (QED) is 0.0283. The van der Waals surface area contributed by atoms with Gasteiger partial charge in [-0.15, -0.1) is 0 Å². The lowest BCUT2D eigenvalue weighted by Gasteiger charge is -2.71. The Morgan fingerprint density at radius 3 is 0.520 bits per heavy atom. The minimum absolute atomic E-state index is 0.266. The van der Waals surface area contributed by atoms with Gasteiger partial charge in [0.1, 0.15) is 0 Å². The lowest BCUT2D eigenvalue weighted by atomic mass is 10.1. The Kier molecular flexibility index (Phi) is 32.2. The van der Waals surface area contributed by atoms with Gasteiger partial charge in [-0.05, 0) is 54.4 Å². The first-order valence-corrected chi connectivity index (χ1v) is 126. The summed E-state index contributed by atoms with van der Waals surface area (Å²) >= 11 is 0. The molecular formula is C68H172N2O6Si22. The van der Waals surface area contributed by atoms with Crippen molar-refractivity contribution in [2.24, 2.45) is 0 Å². The third-order valence-corrected chi connectivity index (χ3v) is 576. The number of hydrogen-bond acceptors (Lipinski definition) is 6. The molecule has 2 N–H and O–H groups in total. The summed E-state index contributed by atoms with van der Waals surface area (Å²) in [5, 5.41) is 5.77. The van der Waals surface area contributed by atoms with Crippen molar-refractivity contribution in [1.82, 2.24) is 10.6 Å². The van der Waals surface area contributed by atoms with Gasteiger partial charge in [0, 0.05) is 193 Å². The Bertz CT molecular complexity index is 2670. The van der Waals surface area contributed by atoms with E-state index in [1.54, 1.807) is 0 Å². The summed E-state index contributed by atoms with van der Waals surface area (Å²) in [4.78, 5) is 49.9. The summed E-state index contributed by atoms with van der Waals surface area (Å²) in [6.45, 7) is 146. The summed E-state index contributed by atoms with van der Waals surface area (Å²) in [5.74, 6) is -1.38. The van der Waals surface area contributed by atoms with E-state index < -0.39 is 169 Å². The van der Waals surface area contributed by atoms with Crippen molar-refractivity contribution in [3.8, 4) is 0 Å². The molecule has 0 rings (SSSR count). The second-order valence-electron chi connectivity index (χ2n) is 45.7. The number of hydrogen-bond donors (Lipinski definition) is 2. The number of carbonyl (C=O) groups excluding carboxylic acids is 4. The third-order valence-electron chi connectivity index (χ3n) is 37.7. The maximum atomic E-state index is 12.6. The van der Waals surface area contributed by atoms with Gasteiger partial charge in [-0.3, -0.25) is 9.59 Å². The normalized spacial score (nSPS) is 16.1. The fourth-order valence-electron chi connectivity index (χ4n) is 19.3. The summed E-state index contributed by atoms with van der Waals surface area (Å²) < 4.78 is 11.3. The molecule has 0 unspecified atom stereocenters. The first-order chi connectivity index (χ1) is 42.2. The van der Waals surface area contributed by atoms with Crippen molar-refractivity contribution in [3.63, 3.8) is 0 Å². The summed E-state index contributed by atoms with van der Waals surface area (Å²) in [6.07, 6.45) is 9.22. The van der Waals surface area contributed by atoms with Gasteiger partial charge >= 0.3 is 11.9 Å². The van der Waals surface area contributed by atoms with Crippen molar-refractivity contribution in [2.45, 2.75) is 378 Å². The zero-order valence-electron chi connectivity index (χ0n) is 75.4. The van der Waals surface area contributed by atoms with Crippen LogP contribution in [0.15, 0.2) is 24.3 Å². The first kappa shape index (κ1) is 100. The Balaban J connectivity index is 7.45. The van der Waals surface area contributed by atoms with E-state index >= 15 is 0 Å². The molecule has 578 valence electrons. The second-order valence-corrected chi connectivity index (χ2v) is 307. The number of carbonyl (C=O) groups is 4. The number of nitrogens with one attached hydrogen (secondary N) is 2. The highest BCUT2D eigenvalue weighted by atomic mass is 30.2. The lowest BCUT2D eigenvalue weighted by molar-refractivity contribution is -0.138. The average molecular weight is 1730 g/mol. The van der Waals surface area contributed by atoms with E-state index in [0.29, 0.717) is 13.2 Å². The van der Waals surface area contributed by atoms with Crippen LogP contribution in [0.3, 0.4) is 0 Å². The van der Waals surface area contributed by atoms with Gasteiger partial charge in [0.25, 0.3) is 0 Å². The van der Waals surface area contributed by atoms with Crippen molar-refractivity contribution < 1.29 is 28.7 Å². The van der Waals surface area contributed by atoms with E-state index in [2.05, 4.69) is 299 Å². The fraction of sp³-hybridized carbons (Fsp3) is 0.882. The highest BCUT2D eigenvalue weighted by molar-refractivity contribution is 8.14. The van der Waals surface area contributed by atoms with Gasteiger partial charge in [-0.1, -0.05) is 313 Å². The third kappa shape index (κ3) is 17.6. The smallest absolute Gasteiger partial charge is 0.330 e. The highest BCUT2D eigenvalue weighted by Crippen LogP contribution is 2.54. The molecule has 0 aromatic heterocycles. The van der Waals surface area contributed by atoms with Crippen LogP contribution >= 0.6 is 0 Å². The topological polar surface area (TPSA) is 111 Å². The van der Waals surface area contributed by atoms with E-state index in [0.717, 1.165) is 25.7 Å². The van der Waals surface area contributed by atoms with E-state index in [4.69, 9.17) is 9.47 Å². The molecule has 0 aromatic rings. The van der Waals surface area contributed by atoms with Gasteiger partial charge in [-0.25, -0.2) is 9.59 Å². The van der Waals surface area contributed by atoms with Gasteiger partial charge in [0.05, 0.1) is 13.2 Å². The fourth-order valence-corrected chi connectivity index (χ4v) is 822. The molecule has 30 heteroatoms. The molecule has 0 atom stereocenters. The van der Waals surface area contributed by atoms with Crippen LogP contribution in [0.5, 0.6) is 0 Å². The molecule has 0 heterocycles. The predicted molar refractivity (Wildman–Crippen MR) is 509 cm³/mol. The van der Waals surface area contributed by atoms with Crippen LogP contribution in [-0.2, 0) is 28.7 Å². The molecule has 0 bridgehead atoms. The molecule has 0 aliphatic heterocycles.